The molecule has 0 aromatic carbocycles. The number of rotatable bonds is 3. The van der Waals surface area contributed by atoms with Gasteiger partial charge in [-0.3, -0.25) is 4.68 Å². The van der Waals surface area contributed by atoms with Gasteiger partial charge in [0.25, 0.3) is 0 Å². The Kier molecular flexibility index (Phi) is 3.09. The van der Waals surface area contributed by atoms with Gasteiger partial charge < -0.3 is 15.8 Å². The molecule has 1 fully saturated rings. The maximum Gasteiger partial charge on any atom is 0.135 e. The van der Waals surface area contributed by atoms with E-state index in [2.05, 4.69) is 17.3 Å². The van der Waals surface area contributed by atoms with Crippen molar-refractivity contribution in [2.24, 2.45) is 12.8 Å². The summed E-state index contributed by atoms with van der Waals surface area (Å²) in [4.78, 5) is 0.376. The largest absolute Gasteiger partial charge is 0.389 e. The van der Waals surface area contributed by atoms with Crippen molar-refractivity contribution in [3.8, 4) is 0 Å². The maximum atomic E-state index is 5.75. The Labute approximate surface area is 106 Å². The number of aromatic nitrogens is 2. The number of aryl methyl sites for hydroxylation is 2. The van der Waals surface area contributed by atoms with E-state index in [1.165, 1.54) is 0 Å². The molecule has 2 rings (SSSR count). The number of nitrogens with one attached hydrogen (secondary N) is 1. The van der Waals surface area contributed by atoms with Crippen LogP contribution in [-0.2, 0) is 11.8 Å². The van der Waals surface area contributed by atoms with E-state index < -0.39 is 0 Å². The zero-order valence-electron chi connectivity index (χ0n) is 10.4. The summed E-state index contributed by atoms with van der Waals surface area (Å²) in [6, 6.07) is 0. The normalized spacial score (nSPS) is 23.9. The molecule has 1 aliphatic rings. The lowest BCUT2D eigenvalue weighted by Crippen LogP contribution is -2.36. The van der Waals surface area contributed by atoms with Crippen molar-refractivity contribution in [3.63, 3.8) is 0 Å². The van der Waals surface area contributed by atoms with Crippen molar-refractivity contribution < 1.29 is 4.74 Å². The van der Waals surface area contributed by atoms with Gasteiger partial charge in [-0.2, -0.15) is 5.10 Å². The molecule has 5 nitrogen and oxygen atoms in total. The fourth-order valence-corrected chi connectivity index (χ4v) is 2.39. The van der Waals surface area contributed by atoms with Crippen molar-refractivity contribution in [1.29, 1.82) is 0 Å². The lowest BCUT2D eigenvalue weighted by molar-refractivity contribution is 0.185. The van der Waals surface area contributed by atoms with Crippen LogP contribution in [0.4, 0.5) is 5.82 Å². The van der Waals surface area contributed by atoms with Gasteiger partial charge in [-0.25, -0.2) is 0 Å². The first-order valence-electron chi connectivity index (χ1n) is 5.62. The van der Waals surface area contributed by atoms with Gasteiger partial charge in [-0.15, -0.1) is 0 Å². The minimum atomic E-state index is -0.0697. The number of ether oxygens (including phenoxy) is 1. The molecule has 0 radical (unpaired) electrons. The highest BCUT2D eigenvalue weighted by molar-refractivity contribution is 7.80. The third-order valence-electron chi connectivity index (χ3n) is 3.11. The second kappa shape index (κ2) is 4.27. The molecule has 0 bridgehead atoms. The van der Waals surface area contributed by atoms with Crippen molar-refractivity contribution >= 4 is 23.0 Å². The summed E-state index contributed by atoms with van der Waals surface area (Å²) in [5.41, 5.74) is 7.36. The second-order valence-electron chi connectivity index (χ2n) is 4.79. The van der Waals surface area contributed by atoms with E-state index in [0.29, 0.717) is 11.6 Å². The molecule has 0 spiro atoms. The molecular weight excluding hydrogens is 236 g/mol. The minimum absolute atomic E-state index is 0.0697. The van der Waals surface area contributed by atoms with Crippen LogP contribution in [0.5, 0.6) is 0 Å². The molecule has 6 heteroatoms. The van der Waals surface area contributed by atoms with Gasteiger partial charge in [-0.05, 0) is 20.3 Å². The molecule has 3 N–H and O–H groups in total. The summed E-state index contributed by atoms with van der Waals surface area (Å²) in [5, 5.41) is 7.82. The van der Waals surface area contributed by atoms with Gasteiger partial charge in [-0.1, -0.05) is 12.2 Å². The lowest BCUT2D eigenvalue weighted by atomic mass is 10.0. The highest BCUT2D eigenvalue weighted by atomic mass is 32.1. The first-order valence-corrected chi connectivity index (χ1v) is 6.03. The predicted octanol–water partition coefficient (Wildman–Crippen LogP) is 0.954. The maximum absolute atomic E-state index is 5.75. The first-order chi connectivity index (χ1) is 7.93. The van der Waals surface area contributed by atoms with Gasteiger partial charge in [0.15, 0.2) is 0 Å². The molecule has 1 atom stereocenters. The van der Waals surface area contributed by atoms with E-state index in [0.717, 1.165) is 30.1 Å². The van der Waals surface area contributed by atoms with E-state index in [4.69, 9.17) is 22.7 Å². The van der Waals surface area contributed by atoms with E-state index in [9.17, 15) is 0 Å². The Morgan fingerprint density at radius 2 is 2.35 bits per heavy atom. The SMILES string of the molecule is Cc1nn(C)c(NC2(C)CCOC2)c1C(N)=S. The van der Waals surface area contributed by atoms with Crippen LogP contribution >= 0.6 is 12.2 Å². The third-order valence-corrected chi connectivity index (χ3v) is 3.31. The summed E-state index contributed by atoms with van der Waals surface area (Å²) in [7, 11) is 1.89. The molecule has 0 amide bonds. The number of thiocarbonyl (C=S) groups is 1. The van der Waals surface area contributed by atoms with Crippen LogP contribution in [0.3, 0.4) is 0 Å². The van der Waals surface area contributed by atoms with Crippen LogP contribution in [0.2, 0.25) is 0 Å². The number of nitrogens with zero attached hydrogens (tertiary/aromatic N) is 2. The van der Waals surface area contributed by atoms with Crippen molar-refractivity contribution in [2.45, 2.75) is 25.8 Å². The van der Waals surface area contributed by atoms with E-state index >= 15 is 0 Å². The summed E-state index contributed by atoms with van der Waals surface area (Å²) >= 11 is 5.08. The Balaban J connectivity index is 2.34. The number of nitrogens with two attached hydrogens (primary N) is 1. The summed E-state index contributed by atoms with van der Waals surface area (Å²) < 4.78 is 7.21. The van der Waals surface area contributed by atoms with Crippen molar-refractivity contribution in [1.82, 2.24) is 9.78 Å². The molecule has 2 heterocycles. The zero-order chi connectivity index (χ0) is 12.6. The van der Waals surface area contributed by atoms with Gasteiger partial charge in [0, 0.05) is 13.7 Å². The average Bonchev–Trinajstić information content (AvgIpc) is 2.73. The zero-order valence-corrected chi connectivity index (χ0v) is 11.2. The molecule has 0 aliphatic carbocycles. The number of hydrogen-bond acceptors (Lipinski definition) is 4. The Morgan fingerprint density at radius 3 is 2.88 bits per heavy atom. The molecule has 1 aromatic rings. The molecule has 94 valence electrons. The fraction of sp³-hybridized carbons (Fsp3) is 0.636. The summed E-state index contributed by atoms with van der Waals surface area (Å²) in [6.45, 7) is 5.51. The molecule has 0 saturated carbocycles. The van der Waals surface area contributed by atoms with Crippen molar-refractivity contribution in [3.05, 3.63) is 11.3 Å². The van der Waals surface area contributed by atoms with Gasteiger partial charge in [0.05, 0.1) is 23.4 Å². The number of anilines is 1. The molecule has 1 saturated heterocycles. The van der Waals surface area contributed by atoms with Crippen molar-refractivity contribution in [2.75, 3.05) is 18.5 Å². The monoisotopic (exact) mass is 254 g/mol. The highest BCUT2D eigenvalue weighted by Crippen LogP contribution is 2.27. The van der Waals surface area contributed by atoms with E-state index in [1.807, 2.05) is 14.0 Å². The highest BCUT2D eigenvalue weighted by Gasteiger charge is 2.31. The molecule has 1 aromatic heterocycles. The molecule has 1 aliphatic heterocycles. The van der Waals surface area contributed by atoms with Gasteiger partial charge >= 0.3 is 0 Å². The van der Waals surface area contributed by atoms with Crippen LogP contribution in [0, 0.1) is 6.92 Å². The van der Waals surface area contributed by atoms with Crippen LogP contribution in [0.25, 0.3) is 0 Å². The first kappa shape index (κ1) is 12.3. The standard InChI is InChI=1S/C11H18N4OS/c1-7-8(9(12)17)10(15(3)14-7)13-11(2)4-5-16-6-11/h13H,4-6H2,1-3H3,(H2,12,17). The van der Waals surface area contributed by atoms with Crippen LogP contribution in [0.1, 0.15) is 24.6 Å². The molecule has 17 heavy (non-hydrogen) atoms. The molecular formula is C11H18N4OS. The molecule has 1 unspecified atom stereocenters. The van der Waals surface area contributed by atoms with Crippen LogP contribution < -0.4 is 11.1 Å². The Bertz CT molecular complexity index is 449. The second-order valence-corrected chi connectivity index (χ2v) is 5.22. The quantitative estimate of drug-likeness (QED) is 0.786. The van der Waals surface area contributed by atoms with Crippen LogP contribution in [-0.4, -0.2) is 33.5 Å². The Hall–Kier alpha value is -1.14. The van der Waals surface area contributed by atoms with Gasteiger partial charge in [0.2, 0.25) is 0 Å². The third kappa shape index (κ3) is 2.28. The summed E-state index contributed by atoms with van der Waals surface area (Å²) in [5.74, 6) is 0.878. The Morgan fingerprint density at radius 1 is 1.65 bits per heavy atom. The van der Waals surface area contributed by atoms with E-state index in [1.54, 1.807) is 4.68 Å². The van der Waals surface area contributed by atoms with Gasteiger partial charge in [0.1, 0.15) is 10.8 Å². The lowest BCUT2D eigenvalue weighted by Gasteiger charge is -2.25. The topological polar surface area (TPSA) is 65.1 Å². The fourth-order valence-electron chi connectivity index (χ4n) is 2.15. The summed E-state index contributed by atoms with van der Waals surface area (Å²) in [6.07, 6.45) is 0.966. The van der Waals surface area contributed by atoms with E-state index in [-0.39, 0.29) is 5.54 Å². The predicted molar refractivity (Wildman–Crippen MR) is 71.3 cm³/mol. The minimum Gasteiger partial charge on any atom is -0.389 e. The smallest absolute Gasteiger partial charge is 0.135 e. The van der Waals surface area contributed by atoms with Crippen LogP contribution in [0.15, 0.2) is 0 Å². The average molecular weight is 254 g/mol. The number of hydrogen-bond donors (Lipinski definition) is 2.